The molecule has 0 unspecified atom stereocenters. The summed E-state index contributed by atoms with van der Waals surface area (Å²) in [6.07, 6.45) is 1.61. The first kappa shape index (κ1) is 21.7. The van der Waals surface area contributed by atoms with Gasteiger partial charge in [0, 0.05) is 28.8 Å². The first-order valence-corrected chi connectivity index (χ1v) is 9.96. The second-order valence-electron chi connectivity index (χ2n) is 6.94. The van der Waals surface area contributed by atoms with Crippen LogP contribution < -0.4 is 14.8 Å². The number of aromatic nitrogens is 1. The van der Waals surface area contributed by atoms with Crippen LogP contribution >= 0.6 is 0 Å². The maximum Gasteiger partial charge on any atom is 0.266 e. The fraction of sp³-hybridized carbons (Fsp3) is 0.200. The Balaban J connectivity index is 1.88. The first-order valence-electron chi connectivity index (χ1n) is 9.96. The van der Waals surface area contributed by atoms with Crippen molar-refractivity contribution in [3.8, 4) is 23.3 Å². The molecule has 0 radical (unpaired) electrons. The molecule has 6 nitrogen and oxygen atoms in total. The van der Waals surface area contributed by atoms with E-state index in [1.165, 1.54) is 0 Å². The predicted octanol–water partition coefficient (Wildman–Crippen LogP) is 5.05. The van der Waals surface area contributed by atoms with Gasteiger partial charge in [0.1, 0.15) is 23.1 Å². The zero-order valence-corrected chi connectivity index (χ0v) is 18.1. The summed E-state index contributed by atoms with van der Waals surface area (Å²) in [5.74, 6) is 0.968. The summed E-state index contributed by atoms with van der Waals surface area (Å²) in [6, 6.07) is 18.8. The van der Waals surface area contributed by atoms with Crippen LogP contribution in [0.2, 0.25) is 0 Å². The molecule has 1 heterocycles. The lowest BCUT2D eigenvalue weighted by molar-refractivity contribution is -0.112. The van der Waals surface area contributed by atoms with Gasteiger partial charge < -0.3 is 19.4 Å². The SMILES string of the molecule is CCOc1ccc(-n2c(C)cc(/C=C(/C#N)C(=O)Nc3cccc(OC)c3)c2C)cc1. The Morgan fingerprint density at radius 2 is 1.87 bits per heavy atom. The molecular formula is C25H25N3O3. The van der Waals surface area contributed by atoms with Gasteiger partial charge in [-0.3, -0.25) is 4.79 Å². The highest BCUT2D eigenvalue weighted by atomic mass is 16.5. The molecule has 31 heavy (non-hydrogen) atoms. The molecule has 0 spiro atoms. The minimum atomic E-state index is -0.471. The van der Waals surface area contributed by atoms with E-state index in [9.17, 15) is 10.1 Å². The number of methoxy groups -OCH3 is 1. The van der Waals surface area contributed by atoms with Crippen LogP contribution in [0.3, 0.4) is 0 Å². The zero-order chi connectivity index (χ0) is 22.4. The number of amides is 1. The number of benzene rings is 2. The fourth-order valence-electron chi connectivity index (χ4n) is 3.39. The minimum absolute atomic E-state index is 0.0229. The average molecular weight is 415 g/mol. The summed E-state index contributed by atoms with van der Waals surface area (Å²) < 4.78 is 12.8. The number of rotatable bonds is 7. The Hall–Kier alpha value is -3.98. The number of nitriles is 1. The number of carbonyl (C=O) groups excluding carboxylic acids is 1. The second-order valence-corrected chi connectivity index (χ2v) is 6.94. The Labute approximate surface area is 182 Å². The van der Waals surface area contributed by atoms with Crippen molar-refractivity contribution >= 4 is 17.7 Å². The van der Waals surface area contributed by atoms with E-state index in [4.69, 9.17) is 9.47 Å². The predicted molar refractivity (Wildman–Crippen MR) is 122 cm³/mol. The van der Waals surface area contributed by atoms with Crippen LogP contribution in [0.15, 0.2) is 60.2 Å². The molecule has 2 aromatic carbocycles. The van der Waals surface area contributed by atoms with Crippen molar-refractivity contribution in [3.05, 3.63) is 77.1 Å². The summed E-state index contributed by atoms with van der Waals surface area (Å²) in [5.41, 5.74) is 4.31. The molecule has 0 bridgehead atoms. The van der Waals surface area contributed by atoms with E-state index in [2.05, 4.69) is 9.88 Å². The minimum Gasteiger partial charge on any atom is -0.497 e. The Bertz CT molecular complexity index is 1150. The molecule has 1 N–H and O–H groups in total. The lowest BCUT2D eigenvalue weighted by Gasteiger charge is -2.11. The van der Waals surface area contributed by atoms with Crippen molar-refractivity contribution in [1.29, 1.82) is 5.26 Å². The molecular weight excluding hydrogens is 390 g/mol. The van der Waals surface area contributed by atoms with E-state index >= 15 is 0 Å². The molecule has 0 aliphatic carbocycles. The van der Waals surface area contributed by atoms with Crippen molar-refractivity contribution in [1.82, 2.24) is 4.57 Å². The lowest BCUT2D eigenvalue weighted by Crippen LogP contribution is -2.13. The number of anilines is 1. The van der Waals surface area contributed by atoms with Gasteiger partial charge in [0.15, 0.2) is 0 Å². The number of carbonyl (C=O) groups is 1. The van der Waals surface area contributed by atoms with E-state index in [-0.39, 0.29) is 5.57 Å². The highest BCUT2D eigenvalue weighted by Gasteiger charge is 2.14. The van der Waals surface area contributed by atoms with Crippen LogP contribution in [0.1, 0.15) is 23.9 Å². The van der Waals surface area contributed by atoms with Gasteiger partial charge in [-0.2, -0.15) is 5.26 Å². The standard InChI is InChI=1S/C25H25N3O3/c1-5-31-23-11-9-22(10-12-23)28-17(2)13-19(18(28)3)14-20(16-26)25(29)27-21-7-6-8-24(15-21)30-4/h6-15H,5H2,1-4H3,(H,27,29)/b20-14-. The molecule has 3 rings (SSSR count). The molecule has 0 saturated carbocycles. The number of nitrogens with zero attached hydrogens (tertiary/aromatic N) is 2. The van der Waals surface area contributed by atoms with Crippen molar-refractivity contribution in [2.24, 2.45) is 0 Å². The molecule has 3 aromatic rings. The van der Waals surface area contributed by atoms with E-state index in [0.717, 1.165) is 28.4 Å². The van der Waals surface area contributed by atoms with Crippen LogP contribution in [-0.4, -0.2) is 24.2 Å². The molecule has 0 saturated heterocycles. The first-order chi connectivity index (χ1) is 15.0. The number of nitrogens with one attached hydrogen (secondary N) is 1. The third-order valence-corrected chi connectivity index (χ3v) is 4.87. The molecule has 6 heteroatoms. The lowest BCUT2D eigenvalue weighted by atomic mass is 10.1. The van der Waals surface area contributed by atoms with Gasteiger partial charge >= 0.3 is 0 Å². The summed E-state index contributed by atoms with van der Waals surface area (Å²) in [6.45, 7) is 6.52. The highest BCUT2D eigenvalue weighted by Crippen LogP contribution is 2.25. The topological polar surface area (TPSA) is 76.3 Å². The molecule has 0 atom stereocenters. The molecule has 0 fully saturated rings. The Kier molecular flexibility index (Phi) is 6.78. The van der Waals surface area contributed by atoms with Gasteiger partial charge in [-0.15, -0.1) is 0 Å². The maximum atomic E-state index is 12.7. The summed E-state index contributed by atoms with van der Waals surface area (Å²) in [5, 5.41) is 12.3. The van der Waals surface area contributed by atoms with E-state index in [1.807, 2.05) is 57.2 Å². The van der Waals surface area contributed by atoms with E-state index < -0.39 is 5.91 Å². The van der Waals surface area contributed by atoms with Crippen molar-refractivity contribution in [2.75, 3.05) is 19.0 Å². The third-order valence-electron chi connectivity index (χ3n) is 4.87. The number of ether oxygens (including phenoxy) is 2. The number of hydrogen-bond donors (Lipinski definition) is 1. The number of hydrogen-bond acceptors (Lipinski definition) is 4. The summed E-state index contributed by atoms with van der Waals surface area (Å²) in [7, 11) is 1.56. The summed E-state index contributed by atoms with van der Waals surface area (Å²) >= 11 is 0. The van der Waals surface area contributed by atoms with E-state index in [0.29, 0.717) is 18.0 Å². The number of aryl methyl sites for hydroxylation is 1. The van der Waals surface area contributed by atoms with Gasteiger partial charge in [-0.25, -0.2) is 0 Å². The Morgan fingerprint density at radius 1 is 1.13 bits per heavy atom. The van der Waals surface area contributed by atoms with Gasteiger partial charge in [0.25, 0.3) is 5.91 Å². The fourth-order valence-corrected chi connectivity index (χ4v) is 3.39. The van der Waals surface area contributed by atoms with Crippen LogP contribution in [0.4, 0.5) is 5.69 Å². The maximum absolute atomic E-state index is 12.7. The molecule has 0 aliphatic heterocycles. The molecule has 0 aliphatic rings. The average Bonchev–Trinajstić information content (AvgIpc) is 3.05. The van der Waals surface area contributed by atoms with Crippen LogP contribution in [-0.2, 0) is 4.79 Å². The van der Waals surface area contributed by atoms with Gasteiger partial charge in [0.2, 0.25) is 0 Å². The molecule has 1 aromatic heterocycles. The normalized spacial score (nSPS) is 11.0. The largest absolute Gasteiger partial charge is 0.497 e. The molecule has 158 valence electrons. The van der Waals surface area contributed by atoms with Crippen LogP contribution in [0, 0.1) is 25.2 Å². The third kappa shape index (κ3) is 4.96. The van der Waals surface area contributed by atoms with Crippen LogP contribution in [0.5, 0.6) is 11.5 Å². The van der Waals surface area contributed by atoms with Gasteiger partial charge in [0.05, 0.1) is 13.7 Å². The van der Waals surface area contributed by atoms with Crippen molar-refractivity contribution in [3.63, 3.8) is 0 Å². The Morgan fingerprint density at radius 3 is 2.52 bits per heavy atom. The van der Waals surface area contributed by atoms with Gasteiger partial charge in [-0.1, -0.05) is 6.07 Å². The second kappa shape index (κ2) is 9.68. The van der Waals surface area contributed by atoms with Crippen molar-refractivity contribution in [2.45, 2.75) is 20.8 Å². The highest BCUT2D eigenvalue weighted by molar-refractivity contribution is 6.09. The van der Waals surface area contributed by atoms with Gasteiger partial charge in [-0.05, 0) is 74.9 Å². The smallest absolute Gasteiger partial charge is 0.266 e. The van der Waals surface area contributed by atoms with Crippen molar-refractivity contribution < 1.29 is 14.3 Å². The summed E-state index contributed by atoms with van der Waals surface area (Å²) in [4.78, 5) is 12.7. The zero-order valence-electron chi connectivity index (χ0n) is 18.1. The van der Waals surface area contributed by atoms with E-state index in [1.54, 1.807) is 37.5 Å². The molecule has 1 amide bonds. The quantitative estimate of drug-likeness (QED) is 0.433. The van der Waals surface area contributed by atoms with Crippen LogP contribution in [0.25, 0.3) is 11.8 Å². The monoisotopic (exact) mass is 415 g/mol.